The third-order valence-corrected chi connectivity index (χ3v) is 4.99. The smallest absolute Gasteiger partial charge is 0.118 e. The van der Waals surface area contributed by atoms with Crippen molar-refractivity contribution >= 4 is 0 Å². The predicted molar refractivity (Wildman–Crippen MR) is 106 cm³/mol. The van der Waals surface area contributed by atoms with E-state index in [1.165, 1.54) is 11.1 Å². The second-order valence-corrected chi connectivity index (χ2v) is 6.36. The Bertz CT molecular complexity index is 661. The van der Waals surface area contributed by atoms with E-state index in [2.05, 4.69) is 56.3 Å². The van der Waals surface area contributed by atoms with E-state index in [1.807, 2.05) is 37.3 Å². The number of allylic oxidation sites excluding steroid dienone is 4. The molecular weight excluding hydrogens is 308 g/mol. The van der Waals surface area contributed by atoms with Crippen LogP contribution in [-0.2, 0) is 5.41 Å². The molecular formula is C23H28O2. The molecule has 1 atom stereocenters. The predicted octanol–water partition coefficient (Wildman–Crippen LogP) is 5.78. The highest BCUT2D eigenvalue weighted by molar-refractivity contribution is 5.44. The van der Waals surface area contributed by atoms with Gasteiger partial charge in [-0.3, -0.25) is 0 Å². The molecule has 2 aromatic rings. The molecule has 0 aromatic heterocycles. The Labute approximate surface area is 151 Å². The zero-order valence-electron chi connectivity index (χ0n) is 15.8. The molecule has 0 bridgehead atoms. The van der Waals surface area contributed by atoms with Crippen LogP contribution in [0.5, 0.6) is 11.5 Å². The summed E-state index contributed by atoms with van der Waals surface area (Å²) < 4.78 is 10.6. The summed E-state index contributed by atoms with van der Waals surface area (Å²) in [6, 6.07) is 16.7. The zero-order chi connectivity index (χ0) is 18.3. The second-order valence-electron chi connectivity index (χ2n) is 6.36. The molecule has 0 amide bonds. The molecule has 25 heavy (non-hydrogen) atoms. The van der Waals surface area contributed by atoms with Crippen molar-refractivity contribution in [1.29, 1.82) is 0 Å². The molecule has 132 valence electrons. The van der Waals surface area contributed by atoms with Crippen LogP contribution in [0, 0.1) is 5.92 Å². The molecule has 0 spiro atoms. The van der Waals surface area contributed by atoms with Gasteiger partial charge < -0.3 is 9.47 Å². The lowest BCUT2D eigenvalue weighted by Gasteiger charge is -2.36. The van der Waals surface area contributed by atoms with Crippen LogP contribution in [0.15, 0.2) is 72.8 Å². The van der Waals surface area contributed by atoms with Gasteiger partial charge in [0, 0.05) is 5.41 Å². The van der Waals surface area contributed by atoms with Gasteiger partial charge >= 0.3 is 0 Å². The monoisotopic (exact) mass is 336 g/mol. The Morgan fingerprint density at radius 1 is 0.800 bits per heavy atom. The van der Waals surface area contributed by atoms with E-state index in [9.17, 15) is 0 Å². The summed E-state index contributed by atoms with van der Waals surface area (Å²) in [5, 5.41) is 0. The largest absolute Gasteiger partial charge is 0.497 e. The highest BCUT2D eigenvalue weighted by atomic mass is 16.5. The molecule has 1 unspecified atom stereocenters. The van der Waals surface area contributed by atoms with Gasteiger partial charge in [-0.25, -0.2) is 0 Å². The first-order chi connectivity index (χ1) is 12.1. The van der Waals surface area contributed by atoms with E-state index in [0.717, 1.165) is 11.5 Å². The molecule has 2 aromatic carbocycles. The Kier molecular flexibility index (Phi) is 6.46. The fourth-order valence-corrected chi connectivity index (χ4v) is 3.10. The van der Waals surface area contributed by atoms with E-state index in [1.54, 1.807) is 14.2 Å². The van der Waals surface area contributed by atoms with Crippen molar-refractivity contribution in [2.24, 2.45) is 5.92 Å². The first-order valence-electron chi connectivity index (χ1n) is 8.64. The van der Waals surface area contributed by atoms with Crippen molar-refractivity contribution < 1.29 is 9.47 Å². The van der Waals surface area contributed by atoms with Crippen molar-refractivity contribution in [1.82, 2.24) is 0 Å². The Balaban J connectivity index is 2.51. The zero-order valence-corrected chi connectivity index (χ0v) is 15.8. The Morgan fingerprint density at radius 3 is 1.60 bits per heavy atom. The maximum absolute atomic E-state index is 5.32. The molecule has 2 nitrogen and oxygen atoms in total. The third-order valence-electron chi connectivity index (χ3n) is 4.99. The standard InChI is InChI=1S/C23H28O2/c1-6-7-8-9-18(2)23(3,19-10-14-21(24-4)15-11-19)20-12-16-22(25-5)17-13-20/h6-18H,1-5H3/b7-6-,9-8-. The first-order valence-corrected chi connectivity index (χ1v) is 8.64. The lowest BCUT2D eigenvalue weighted by atomic mass is 9.67. The summed E-state index contributed by atoms with van der Waals surface area (Å²) in [7, 11) is 3.39. The van der Waals surface area contributed by atoms with Crippen LogP contribution in [0.3, 0.4) is 0 Å². The molecule has 0 heterocycles. The second kappa shape index (κ2) is 8.57. The van der Waals surface area contributed by atoms with Crippen LogP contribution in [0.4, 0.5) is 0 Å². The summed E-state index contributed by atoms with van der Waals surface area (Å²) in [4.78, 5) is 0. The van der Waals surface area contributed by atoms with Gasteiger partial charge in [-0.2, -0.15) is 0 Å². The minimum Gasteiger partial charge on any atom is -0.497 e. The Morgan fingerprint density at radius 2 is 1.24 bits per heavy atom. The summed E-state index contributed by atoms with van der Waals surface area (Å²) in [5.74, 6) is 2.06. The van der Waals surface area contributed by atoms with Crippen molar-refractivity contribution in [3.8, 4) is 11.5 Å². The molecule has 0 aliphatic rings. The van der Waals surface area contributed by atoms with Gasteiger partial charge in [0.05, 0.1) is 14.2 Å². The van der Waals surface area contributed by atoms with Crippen LogP contribution in [0.25, 0.3) is 0 Å². The third kappa shape index (κ3) is 4.14. The quantitative estimate of drug-likeness (QED) is 0.597. The average Bonchev–Trinajstić information content (AvgIpc) is 2.67. The fourth-order valence-electron chi connectivity index (χ4n) is 3.10. The highest BCUT2D eigenvalue weighted by Crippen LogP contribution is 2.40. The van der Waals surface area contributed by atoms with Crippen LogP contribution in [-0.4, -0.2) is 14.2 Å². The van der Waals surface area contributed by atoms with E-state index in [-0.39, 0.29) is 5.41 Å². The molecule has 2 heteroatoms. The number of ether oxygens (including phenoxy) is 2. The van der Waals surface area contributed by atoms with Crippen LogP contribution < -0.4 is 9.47 Å². The van der Waals surface area contributed by atoms with Gasteiger partial charge in [-0.15, -0.1) is 0 Å². The molecule has 0 N–H and O–H groups in total. The highest BCUT2D eigenvalue weighted by Gasteiger charge is 2.33. The Hall–Kier alpha value is -2.48. The van der Waals surface area contributed by atoms with E-state index in [0.29, 0.717) is 5.92 Å². The molecule has 0 saturated heterocycles. The fraction of sp³-hybridized carbons (Fsp3) is 0.304. The number of hydrogen-bond acceptors (Lipinski definition) is 2. The number of rotatable bonds is 7. The number of benzene rings is 2. The lowest BCUT2D eigenvalue weighted by molar-refractivity contribution is 0.410. The maximum atomic E-state index is 5.32. The molecule has 2 rings (SSSR count). The normalized spacial score (nSPS) is 13.3. The van der Waals surface area contributed by atoms with Gasteiger partial charge in [-0.1, -0.05) is 62.4 Å². The summed E-state index contributed by atoms with van der Waals surface area (Å²) in [6.07, 6.45) is 8.49. The molecule has 0 aliphatic carbocycles. The van der Waals surface area contributed by atoms with Gasteiger partial charge in [0.2, 0.25) is 0 Å². The average molecular weight is 336 g/mol. The molecule has 0 radical (unpaired) electrons. The lowest BCUT2D eigenvalue weighted by Crippen LogP contribution is -2.30. The summed E-state index contributed by atoms with van der Waals surface area (Å²) >= 11 is 0. The first kappa shape index (κ1) is 18.9. The molecule has 0 saturated carbocycles. The van der Waals surface area contributed by atoms with Crippen LogP contribution in [0.1, 0.15) is 31.9 Å². The van der Waals surface area contributed by atoms with Gasteiger partial charge in [0.1, 0.15) is 11.5 Å². The summed E-state index contributed by atoms with van der Waals surface area (Å²) in [6.45, 7) is 6.58. The van der Waals surface area contributed by atoms with Crippen molar-refractivity contribution in [2.45, 2.75) is 26.2 Å². The molecule has 0 fully saturated rings. The number of hydrogen-bond donors (Lipinski definition) is 0. The molecule has 0 aliphatic heterocycles. The minimum atomic E-state index is -0.156. The topological polar surface area (TPSA) is 18.5 Å². The van der Waals surface area contributed by atoms with Crippen LogP contribution in [0.2, 0.25) is 0 Å². The van der Waals surface area contributed by atoms with Gasteiger partial charge in [0.25, 0.3) is 0 Å². The SMILES string of the molecule is C/C=C\C=C/C(C)C(C)(c1ccc(OC)cc1)c1ccc(OC)cc1. The van der Waals surface area contributed by atoms with E-state index >= 15 is 0 Å². The van der Waals surface area contributed by atoms with Crippen LogP contribution >= 0.6 is 0 Å². The van der Waals surface area contributed by atoms with Gasteiger partial charge in [0.15, 0.2) is 0 Å². The van der Waals surface area contributed by atoms with Crippen molar-refractivity contribution in [2.75, 3.05) is 14.2 Å². The minimum absolute atomic E-state index is 0.156. The summed E-state index contributed by atoms with van der Waals surface area (Å²) in [5.41, 5.74) is 2.36. The maximum Gasteiger partial charge on any atom is 0.118 e. The number of methoxy groups -OCH3 is 2. The van der Waals surface area contributed by atoms with Gasteiger partial charge in [-0.05, 0) is 48.2 Å². The van der Waals surface area contributed by atoms with E-state index in [4.69, 9.17) is 9.47 Å². The van der Waals surface area contributed by atoms with Crippen molar-refractivity contribution in [3.05, 3.63) is 84.0 Å². The van der Waals surface area contributed by atoms with Crippen molar-refractivity contribution in [3.63, 3.8) is 0 Å². The van der Waals surface area contributed by atoms with E-state index < -0.39 is 0 Å².